The molecule has 1 aromatic rings. The Kier molecular flexibility index (Phi) is 2.00. The molecule has 0 amide bonds. The van der Waals surface area contributed by atoms with Gasteiger partial charge in [0, 0.05) is 5.41 Å². The number of halogens is 1. The highest BCUT2D eigenvalue weighted by molar-refractivity contribution is 5.02. The summed E-state index contributed by atoms with van der Waals surface area (Å²) in [6.07, 6.45) is 0.944. The predicted octanol–water partition coefficient (Wildman–Crippen LogP) is 1.21. The van der Waals surface area contributed by atoms with Crippen LogP contribution in [0.1, 0.15) is 26.6 Å². The summed E-state index contributed by atoms with van der Waals surface area (Å²) in [7, 11) is 0. The van der Waals surface area contributed by atoms with Gasteiger partial charge in [-0.1, -0.05) is 20.8 Å². The monoisotopic (exact) mass is 170 g/mol. The zero-order chi connectivity index (χ0) is 9.35. The van der Waals surface area contributed by atoms with E-state index in [2.05, 4.69) is 9.97 Å². The maximum absolute atomic E-state index is 12.5. The van der Waals surface area contributed by atoms with Gasteiger partial charge in [-0.05, 0) is 0 Å². The third-order valence-electron chi connectivity index (χ3n) is 1.47. The topological polar surface area (TPSA) is 45.8 Å². The number of hydrogen-bond donors (Lipinski definition) is 1. The van der Waals surface area contributed by atoms with Crippen LogP contribution in [0.15, 0.2) is 11.0 Å². The highest BCUT2D eigenvalue weighted by Gasteiger charge is 2.16. The van der Waals surface area contributed by atoms with Crippen molar-refractivity contribution in [2.24, 2.45) is 0 Å². The molecule has 3 nitrogen and oxygen atoms in total. The van der Waals surface area contributed by atoms with Gasteiger partial charge in [0.2, 0.25) is 5.82 Å². The Balaban J connectivity index is 3.23. The van der Waals surface area contributed by atoms with E-state index in [1.54, 1.807) is 0 Å². The van der Waals surface area contributed by atoms with Crippen LogP contribution in [0.4, 0.5) is 4.39 Å². The van der Waals surface area contributed by atoms with Crippen molar-refractivity contribution >= 4 is 0 Å². The molecular formula is C8H11FN2O. The Morgan fingerprint density at radius 2 is 2.08 bits per heavy atom. The van der Waals surface area contributed by atoms with Crippen LogP contribution in [0, 0.1) is 5.82 Å². The standard InChI is InChI=1S/C8H11FN2O/c1-8(2,3)7-10-4-5(9)6(12)11-7/h4H,1-3H3,(H,10,11,12). The van der Waals surface area contributed by atoms with Gasteiger partial charge >= 0.3 is 0 Å². The maximum Gasteiger partial charge on any atom is 0.286 e. The summed E-state index contributed by atoms with van der Waals surface area (Å²) in [6.45, 7) is 5.68. The van der Waals surface area contributed by atoms with Gasteiger partial charge < -0.3 is 4.98 Å². The van der Waals surface area contributed by atoms with Gasteiger partial charge in [-0.25, -0.2) is 4.98 Å². The van der Waals surface area contributed by atoms with Crippen molar-refractivity contribution in [3.8, 4) is 0 Å². The number of H-pyrrole nitrogens is 1. The molecule has 0 aliphatic heterocycles. The molecule has 4 heteroatoms. The second-order valence-corrected chi connectivity index (χ2v) is 3.66. The molecule has 0 aliphatic rings. The number of aromatic nitrogens is 2. The van der Waals surface area contributed by atoms with E-state index in [9.17, 15) is 9.18 Å². The third kappa shape index (κ3) is 1.69. The average Bonchev–Trinajstić information content (AvgIpc) is 1.92. The highest BCUT2D eigenvalue weighted by atomic mass is 19.1. The fraction of sp³-hybridized carbons (Fsp3) is 0.500. The van der Waals surface area contributed by atoms with Gasteiger partial charge in [0.25, 0.3) is 5.56 Å². The van der Waals surface area contributed by atoms with Crippen molar-refractivity contribution < 1.29 is 4.39 Å². The second kappa shape index (κ2) is 2.69. The molecule has 1 rings (SSSR count). The van der Waals surface area contributed by atoms with Gasteiger partial charge in [-0.3, -0.25) is 4.79 Å². The van der Waals surface area contributed by atoms with E-state index in [1.165, 1.54) is 0 Å². The molecule has 0 saturated carbocycles. The fourth-order valence-electron chi connectivity index (χ4n) is 0.761. The van der Waals surface area contributed by atoms with E-state index in [0.717, 1.165) is 6.20 Å². The molecule has 0 radical (unpaired) electrons. The smallest absolute Gasteiger partial charge is 0.286 e. The Hall–Kier alpha value is -1.19. The molecule has 0 aliphatic carbocycles. The molecule has 1 N–H and O–H groups in total. The van der Waals surface area contributed by atoms with Crippen LogP contribution in [-0.4, -0.2) is 9.97 Å². The van der Waals surface area contributed by atoms with Gasteiger partial charge in [-0.15, -0.1) is 0 Å². The molecular weight excluding hydrogens is 159 g/mol. The predicted molar refractivity (Wildman–Crippen MR) is 43.5 cm³/mol. The number of rotatable bonds is 0. The Morgan fingerprint density at radius 1 is 1.50 bits per heavy atom. The first-order chi connectivity index (χ1) is 5.41. The highest BCUT2D eigenvalue weighted by Crippen LogP contribution is 2.15. The number of nitrogens with zero attached hydrogens (tertiary/aromatic N) is 1. The minimum atomic E-state index is -0.844. The summed E-state index contributed by atoms with van der Waals surface area (Å²) in [5.74, 6) is -0.350. The van der Waals surface area contributed by atoms with Gasteiger partial charge in [0.05, 0.1) is 6.20 Å². The van der Waals surface area contributed by atoms with Crippen molar-refractivity contribution in [3.05, 3.63) is 28.2 Å². The Morgan fingerprint density at radius 3 is 2.50 bits per heavy atom. The number of aromatic amines is 1. The van der Waals surface area contributed by atoms with E-state index in [1.807, 2.05) is 20.8 Å². The van der Waals surface area contributed by atoms with E-state index in [4.69, 9.17) is 0 Å². The summed E-state index contributed by atoms with van der Waals surface area (Å²) in [5.41, 5.74) is -0.970. The van der Waals surface area contributed by atoms with E-state index in [0.29, 0.717) is 5.82 Å². The van der Waals surface area contributed by atoms with Crippen LogP contribution in [0.3, 0.4) is 0 Å². The molecule has 0 aromatic carbocycles. The van der Waals surface area contributed by atoms with Crippen molar-refractivity contribution in [2.45, 2.75) is 26.2 Å². The quantitative estimate of drug-likeness (QED) is 0.636. The van der Waals surface area contributed by atoms with E-state index >= 15 is 0 Å². The summed E-state index contributed by atoms with van der Waals surface area (Å²) in [5, 5.41) is 0. The van der Waals surface area contributed by atoms with Crippen LogP contribution in [0.25, 0.3) is 0 Å². The lowest BCUT2D eigenvalue weighted by molar-refractivity contribution is 0.523. The van der Waals surface area contributed by atoms with Crippen LogP contribution in [-0.2, 0) is 5.41 Å². The third-order valence-corrected chi connectivity index (χ3v) is 1.47. The molecule has 0 atom stereocenters. The minimum Gasteiger partial charge on any atom is -0.308 e. The van der Waals surface area contributed by atoms with Gasteiger partial charge in [0.15, 0.2) is 0 Å². The normalized spacial score (nSPS) is 11.7. The minimum absolute atomic E-state index is 0.257. The van der Waals surface area contributed by atoms with Crippen molar-refractivity contribution in [2.75, 3.05) is 0 Å². The van der Waals surface area contributed by atoms with Gasteiger partial charge in [-0.2, -0.15) is 4.39 Å². The van der Waals surface area contributed by atoms with Crippen LogP contribution in [0.5, 0.6) is 0 Å². The zero-order valence-corrected chi connectivity index (χ0v) is 7.31. The first-order valence-corrected chi connectivity index (χ1v) is 3.66. The Labute approximate surface area is 69.7 Å². The summed E-state index contributed by atoms with van der Waals surface area (Å²) in [4.78, 5) is 17.0. The summed E-state index contributed by atoms with van der Waals surface area (Å²) in [6, 6.07) is 0. The zero-order valence-electron chi connectivity index (χ0n) is 7.31. The molecule has 12 heavy (non-hydrogen) atoms. The first-order valence-electron chi connectivity index (χ1n) is 3.66. The van der Waals surface area contributed by atoms with Crippen molar-refractivity contribution in [3.63, 3.8) is 0 Å². The van der Waals surface area contributed by atoms with Crippen LogP contribution < -0.4 is 5.56 Å². The van der Waals surface area contributed by atoms with Crippen LogP contribution >= 0.6 is 0 Å². The maximum atomic E-state index is 12.5. The van der Waals surface area contributed by atoms with Crippen LogP contribution in [0.2, 0.25) is 0 Å². The lowest BCUT2D eigenvalue weighted by Gasteiger charge is -2.15. The molecule has 0 unspecified atom stereocenters. The SMILES string of the molecule is CC(C)(C)c1ncc(F)c(=O)[nH]1. The molecule has 0 spiro atoms. The second-order valence-electron chi connectivity index (χ2n) is 3.66. The fourth-order valence-corrected chi connectivity index (χ4v) is 0.761. The summed E-state index contributed by atoms with van der Waals surface area (Å²) < 4.78 is 12.5. The molecule has 1 aromatic heterocycles. The van der Waals surface area contributed by atoms with Crippen molar-refractivity contribution in [1.82, 2.24) is 9.97 Å². The van der Waals surface area contributed by atoms with E-state index in [-0.39, 0.29) is 5.41 Å². The summed E-state index contributed by atoms with van der Waals surface area (Å²) >= 11 is 0. The molecule has 0 fully saturated rings. The average molecular weight is 170 g/mol. The molecule has 0 saturated heterocycles. The lowest BCUT2D eigenvalue weighted by atomic mass is 9.96. The Bertz CT molecular complexity index is 338. The number of nitrogens with one attached hydrogen (secondary N) is 1. The van der Waals surface area contributed by atoms with Crippen molar-refractivity contribution in [1.29, 1.82) is 0 Å². The largest absolute Gasteiger partial charge is 0.308 e. The molecule has 66 valence electrons. The number of hydrogen-bond acceptors (Lipinski definition) is 2. The van der Waals surface area contributed by atoms with Gasteiger partial charge in [0.1, 0.15) is 5.82 Å². The van der Waals surface area contributed by atoms with E-state index < -0.39 is 11.4 Å². The lowest BCUT2D eigenvalue weighted by Crippen LogP contribution is -2.23. The molecule has 0 bridgehead atoms. The first kappa shape index (κ1) is 8.90. The molecule has 1 heterocycles.